The predicted molar refractivity (Wildman–Crippen MR) is 83.3 cm³/mol. The Balaban J connectivity index is 2.17. The molecular formula is C17H11N3O2. The van der Waals surface area contributed by atoms with E-state index in [1.54, 1.807) is 36.7 Å². The zero-order chi connectivity index (χ0) is 15.1. The van der Waals surface area contributed by atoms with Crippen molar-refractivity contribution in [3.05, 3.63) is 66.5 Å². The van der Waals surface area contributed by atoms with Crippen LogP contribution < -0.4 is 0 Å². The van der Waals surface area contributed by atoms with E-state index in [0.717, 1.165) is 21.8 Å². The lowest BCUT2D eigenvalue weighted by Gasteiger charge is -2.04. The first-order valence-corrected chi connectivity index (χ1v) is 6.79. The predicted octanol–water partition coefficient (Wildman–Crippen LogP) is 3.27. The first kappa shape index (κ1) is 12.5. The molecule has 22 heavy (non-hydrogen) atoms. The van der Waals surface area contributed by atoms with Gasteiger partial charge in [0, 0.05) is 23.2 Å². The molecule has 0 atom stereocenters. The zero-order valence-corrected chi connectivity index (χ0v) is 11.5. The van der Waals surface area contributed by atoms with E-state index in [-0.39, 0.29) is 5.56 Å². The fourth-order valence-corrected chi connectivity index (χ4v) is 2.73. The Hall–Kier alpha value is -3.21. The van der Waals surface area contributed by atoms with Gasteiger partial charge in [0.2, 0.25) is 5.95 Å². The molecule has 0 amide bonds. The molecule has 0 fully saturated rings. The van der Waals surface area contributed by atoms with E-state index in [0.29, 0.717) is 5.95 Å². The van der Waals surface area contributed by atoms with Gasteiger partial charge in [-0.15, -0.1) is 0 Å². The fraction of sp³-hybridized carbons (Fsp3) is 0. The van der Waals surface area contributed by atoms with E-state index in [4.69, 9.17) is 0 Å². The van der Waals surface area contributed by atoms with Crippen LogP contribution in [-0.4, -0.2) is 25.6 Å². The molecule has 2 heterocycles. The third kappa shape index (κ3) is 1.76. The summed E-state index contributed by atoms with van der Waals surface area (Å²) in [5.74, 6) is -0.369. The summed E-state index contributed by atoms with van der Waals surface area (Å²) < 4.78 is 1.94. The van der Waals surface area contributed by atoms with Crippen LogP contribution in [0.25, 0.3) is 27.8 Å². The van der Waals surface area contributed by atoms with Gasteiger partial charge >= 0.3 is 5.97 Å². The number of rotatable bonds is 2. The van der Waals surface area contributed by atoms with E-state index in [9.17, 15) is 9.90 Å². The van der Waals surface area contributed by atoms with Crippen LogP contribution >= 0.6 is 0 Å². The van der Waals surface area contributed by atoms with Gasteiger partial charge in [0.25, 0.3) is 0 Å². The second kappa shape index (κ2) is 4.66. The SMILES string of the molecule is O=C(O)c1ccc2c(c1)c1ccccc1n2-c1ncccn1. The molecule has 0 unspecified atom stereocenters. The number of hydrogen-bond acceptors (Lipinski definition) is 3. The first-order chi connectivity index (χ1) is 10.8. The second-order valence-electron chi connectivity index (χ2n) is 4.94. The van der Waals surface area contributed by atoms with Crippen molar-refractivity contribution in [2.45, 2.75) is 0 Å². The van der Waals surface area contributed by atoms with E-state index in [1.165, 1.54) is 0 Å². The van der Waals surface area contributed by atoms with Crippen LogP contribution in [0.5, 0.6) is 0 Å². The lowest BCUT2D eigenvalue weighted by molar-refractivity contribution is 0.0697. The van der Waals surface area contributed by atoms with E-state index >= 15 is 0 Å². The van der Waals surface area contributed by atoms with Crippen molar-refractivity contribution in [2.75, 3.05) is 0 Å². The molecule has 5 nitrogen and oxygen atoms in total. The van der Waals surface area contributed by atoms with Gasteiger partial charge in [-0.2, -0.15) is 0 Å². The Kier molecular flexibility index (Phi) is 2.66. The Labute approximate surface area is 125 Å². The average Bonchev–Trinajstić information content (AvgIpc) is 2.89. The van der Waals surface area contributed by atoms with Crippen molar-refractivity contribution in [2.24, 2.45) is 0 Å². The average molecular weight is 289 g/mol. The summed E-state index contributed by atoms with van der Waals surface area (Å²) in [6.07, 6.45) is 3.38. The molecule has 0 spiro atoms. The molecule has 106 valence electrons. The Morgan fingerprint density at radius 2 is 1.64 bits per heavy atom. The highest BCUT2D eigenvalue weighted by Gasteiger charge is 2.15. The third-order valence-corrected chi connectivity index (χ3v) is 3.67. The van der Waals surface area contributed by atoms with Crippen LogP contribution in [0.4, 0.5) is 0 Å². The maximum absolute atomic E-state index is 11.2. The van der Waals surface area contributed by atoms with Gasteiger partial charge in [-0.25, -0.2) is 14.8 Å². The number of carbonyl (C=O) groups is 1. The summed E-state index contributed by atoms with van der Waals surface area (Å²) in [4.78, 5) is 19.9. The standard InChI is InChI=1S/C17H11N3O2/c21-16(22)11-6-7-15-13(10-11)12-4-1-2-5-14(12)20(15)17-18-8-3-9-19-17/h1-10H,(H,21,22). The van der Waals surface area contributed by atoms with E-state index in [1.807, 2.05) is 28.8 Å². The van der Waals surface area contributed by atoms with Gasteiger partial charge < -0.3 is 5.11 Å². The topological polar surface area (TPSA) is 68.0 Å². The molecule has 0 aliphatic carbocycles. The molecule has 0 bridgehead atoms. The van der Waals surface area contributed by atoms with Crippen molar-refractivity contribution in [1.82, 2.24) is 14.5 Å². The molecule has 0 radical (unpaired) electrons. The number of hydrogen-bond donors (Lipinski definition) is 1. The van der Waals surface area contributed by atoms with Crippen molar-refractivity contribution in [1.29, 1.82) is 0 Å². The van der Waals surface area contributed by atoms with Crippen LogP contribution in [-0.2, 0) is 0 Å². The maximum Gasteiger partial charge on any atom is 0.335 e. The van der Waals surface area contributed by atoms with E-state index < -0.39 is 5.97 Å². The number of para-hydroxylation sites is 1. The molecule has 4 rings (SSSR count). The summed E-state index contributed by atoms with van der Waals surface area (Å²) in [7, 11) is 0. The molecule has 0 aliphatic rings. The Bertz CT molecular complexity index is 1010. The number of benzene rings is 2. The smallest absolute Gasteiger partial charge is 0.335 e. The largest absolute Gasteiger partial charge is 0.478 e. The summed E-state index contributed by atoms with van der Waals surface area (Å²) in [6, 6.07) is 14.7. The van der Waals surface area contributed by atoms with E-state index in [2.05, 4.69) is 9.97 Å². The maximum atomic E-state index is 11.2. The molecule has 0 aliphatic heterocycles. The Morgan fingerprint density at radius 1 is 0.909 bits per heavy atom. The van der Waals surface area contributed by atoms with Crippen LogP contribution in [0, 0.1) is 0 Å². The summed E-state index contributed by atoms with van der Waals surface area (Å²) in [5.41, 5.74) is 2.10. The van der Waals surface area contributed by atoms with Gasteiger partial charge in [-0.1, -0.05) is 18.2 Å². The third-order valence-electron chi connectivity index (χ3n) is 3.67. The minimum Gasteiger partial charge on any atom is -0.478 e. The van der Waals surface area contributed by atoms with Crippen LogP contribution in [0.3, 0.4) is 0 Å². The summed E-state index contributed by atoms with van der Waals surface area (Å²) in [5, 5.41) is 11.1. The lowest BCUT2D eigenvalue weighted by atomic mass is 10.1. The number of fused-ring (bicyclic) bond motifs is 3. The number of aromatic carboxylic acids is 1. The van der Waals surface area contributed by atoms with Gasteiger partial charge in [-0.05, 0) is 30.3 Å². The quantitative estimate of drug-likeness (QED) is 0.615. The zero-order valence-electron chi connectivity index (χ0n) is 11.5. The van der Waals surface area contributed by atoms with Crippen LogP contribution in [0.2, 0.25) is 0 Å². The highest BCUT2D eigenvalue weighted by atomic mass is 16.4. The molecule has 2 aromatic carbocycles. The molecular weight excluding hydrogens is 278 g/mol. The summed E-state index contributed by atoms with van der Waals surface area (Å²) >= 11 is 0. The van der Waals surface area contributed by atoms with Crippen molar-refractivity contribution in [3.63, 3.8) is 0 Å². The summed E-state index contributed by atoms with van der Waals surface area (Å²) in [6.45, 7) is 0. The molecule has 4 aromatic rings. The number of nitrogens with zero attached hydrogens (tertiary/aromatic N) is 3. The van der Waals surface area contributed by atoms with Crippen molar-refractivity contribution >= 4 is 27.8 Å². The monoisotopic (exact) mass is 289 g/mol. The highest BCUT2D eigenvalue weighted by molar-refractivity contribution is 6.10. The number of aromatic nitrogens is 3. The molecule has 1 N–H and O–H groups in total. The van der Waals surface area contributed by atoms with Gasteiger partial charge in [-0.3, -0.25) is 4.57 Å². The van der Waals surface area contributed by atoms with Gasteiger partial charge in [0.15, 0.2) is 0 Å². The molecule has 5 heteroatoms. The minimum absolute atomic E-state index is 0.268. The lowest BCUT2D eigenvalue weighted by Crippen LogP contribution is -2.00. The normalized spacial score (nSPS) is 11.1. The van der Waals surface area contributed by atoms with Crippen molar-refractivity contribution < 1.29 is 9.90 Å². The van der Waals surface area contributed by atoms with Gasteiger partial charge in [0.05, 0.1) is 16.6 Å². The van der Waals surface area contributed by atoms with Crippen LogP contribution in [0.1, 0.15) is 10.4 Å². The van der Waals surface area contributed by atoms with Crippen molar-refractivity contribution in [3.8, 4) is 5.95 Å². The number of carboxylic acids is 1. The molecule has 0 saturated carbocycles. The minimum atomic E-state index is -0.935. The fourth-order valence-electron chi connectivity index (χ4n) is 2.73. The van der Waals surface area contributed by atoms with Crippen LogP contribution in [0.15, 0.2) is 60.9 Å². The molecule has 0 saturated heterocycles. The van der Waals surface area contributed by atoms with Gasteiger partial charge in [0.1, 0.15) is 0 Å². The first-order valence-electron chi connectivity index (χ1n) is 6.79. The molecule has 2 aromatic heterocycles. The Morgan fingerprint density at radius 3 is 2.41 bits per heavy atom. The second-order valence-corrected chi connectivity index (χ2v) is 4.94. The number of carboxylic acid groups (broad SMARTS) is 1. The highest BCUT2D eigenvalue weighted by Crippen LogP contribution is 2.31.